The Kier molecular flexibility index (Phi) is 6.02. The second-order valence-corrected chi connectivity index (χ2v) is 5.46. The minimum absolute atomic E-state index is 0. The fourth-order valence-electron chi connectivity index (χ4n) is 3.03. The number of methoxy groups -OCH3 is 2. The Hall–Kier alpha value is -1.59. The van der Waals surface area contributed by atoms with E-state index < -0.39 is 0 Å². The molecule has 0 aliphatic carbocycles. The van der Waals surface area contributed by atoms with Crippen LogP contribution >= 0.6 is 17.0 Å². The van der Waals surface area contributed by atoms with Gasteiger partial charge in [-0.2, -0.15) is 0 Å². The van der Waals surface area contributed by atoms with Gasteiger partial charge in [-0.1, -0.05) is 18.2 Å². The minimum atomic E-state index is -0.156. The largest absolute Gasteiger partial charge is 0.493 e. The molecular weight excluding hydrogens is 361 g/mol. The van der Waals surface area contributed by atoms with Crippen molar-refractivity contribution < 1.29 is 13.9 Å². The van der Waals surface area contributed by atoms with Gasteiger partial charge >= 0.3 is 0 Å². The third kappa shape index (κ3) is 3.67. The first-order chi connectivity index (χ1) is 10.7. The zero-order chi connectivity index (χ0) is 15.5. The molecule has 124 valence electrons. The van der Waals surface area contributed by atoms with Crippen molar-refractivity contribution in [1.82, 2.24) is 5.32 Å². The molecule has 0 aromatic heterocycles. The van der Waals surface area contributed by atoms with Gasteiger partial charge in [0, 0.05) is 6.04 Å². The van der Waals surface area contributed by atoms with E-state index in [1.54, 1.807) is 20.3 Å². The average Bonchev–Trinajstić information content (AvgIpc) is 2.56. The second kappa shape index (κ2) is 7.79. The van der Waals surface area contributed by atoms with Gasteiger partial charge in [0.15, 0.2) is 11.5 Å². The normalized spacial score (nSPS) is 16.2. The molecule has 0 radical (unpaired) electrons. The van der Waals surface area contributed by atoms with Gasteiger partial charge in [-0.15, -0.1) is 17.0 Å². The first kappa shape index (κ1) is 17.8. The Morgan fingerprint density at radius 1 is 1.13 bits per heavy atom. The molecule has 2 aromatic rings. The summed E-state index contributed by atoms with van der Waals surface area (Å²) >= 11 is 0. The fraction of sp³-hybridized carbons (Fsp3) is 0.333. The van der Waals surface area contributed by atoms with Crippen molar-refractivity contribution in [3.8, 4) is 11.5 Å². The van der Waals surface area contributed by atoms with Gasteiger partial charge in [-0.25, -0.2) is 4.39 Å². The quantitative estimate of drug-likeness (QED) is 0.872. The van der Waals surface area contributed by atoms with Crippen molar-refractivity contribution in [3.63, 3.8) is 0 Å². The van der Waals surface area contributed by atoms with Crippen LogP contribution < -0.4 is 14.8 Å². The number of rotatable bonds is 4. The van der Waals surface area contributed by atoms with E-state index in [1.165, 1.54) is 11.6 Å². The molecule has 0 saturated carbocycles. The van der Waals surface area contributed by atoms with Crippen LogP contribution in [-0.4, -0.2) is 20.8 Å². The van der Waals surface area contributed by atoms with Crippen molar-refractivity contribution in [1.29, 1.82) is 0 Å². The maximum Gasteiger partial charge on any atom is 0.161 e. The minimum Gasteiger partial charge on any atom is -0.493 e. The highest BCUT2D eigenvalue weighted by atomic mass is 79.9. The third-order valence-corrected chi connectivity index (χ3v) is 4.19. The number of hydrogen-bond acceptors (Lipinski definition) is 3. The van der Waals surface area contributed by atoms with Gasteiger partial charge in [-0.05, 0) is 54.3 Å². The summed E-state index contributed by atoms with van der Waals surface area (Å²) in [6.07, 6.45) is 1.55. The molecule has 3 rings (SSSR count). The molecule has 1 aliphatic heterocycles. The highest BCUT2D eigenvalue weighted by Crippen LogP contribution is 2.36. The summed E-state index contributed by atoms with van der Waals surface area (Å²) in [6.45, 7) is 0.877. The predicted octanol–water partition coefficient (Wildman–Crippen LogP) is 3.85. The van der Waals surface area contributed by atoms with Crippen LogP contribution in [0.15, 0.2) is 36.4 Å². The summed E-state index contributed by atoms with van der Waals surface area (Å²) in [6, 6.07) is 11.1. The zero-order valence-electron chi connectivity index (χ0n) is 13.3. The molecule has 0 amide bonds. The van der Waals surface area contributed by atoms with E-state index in [0.29, 0.717) is 12.2 Å². The van der Waals surface area contributed by atoms with E-state index in [4.69, 9.17) is 9.47 Å². The predicted molar refractivity (Wildman–Crippen MR) is 94.4 cm³/mol. The molecule has 23 heavy (non-hydrogen) atoms. The van der Waals surface area contributed by atoms with Crippen LogP contribution in [0, 0.1) is 5.82 Å². The third-order valence-electron chi connectivity index (χ3n) is 4.19. The van der Waals surface area contributed by atoms with Crippen LogP contribution in [0.4, 0.5) is 4.39 Å². The molecule has 1 aliphatic rings. The van der Waals surface area contributed by atoms with Gasteiger partial charge in [0.25, 0.3) is 0 Å². The maximum absolute atomic E-state index is 13.9. The molecule has 3 nitrogen and oxygen atoms in total. The van der Waals surface area contributed by atoms with Gasteiger partial charge in [0.2, 0.25) is 0 Å². The number of benzene rings is 2. The molecule has 1 atom stereocenters. The Labute approximate surface area is 146 Å². The number of ether oxygens (including phenoxy) is 2. The fourth-order valence-corrected chi connectivity index (χ4v) is 3.03. The number of fused-ring (bicyclic) bond motifs is 1. The van der Waals surface area contributed by atoms with Gasteiger partial charge in [-0.3, -0.25) is 0 Å². The summed E-state index contributed by atoms with van der Waals surface area (Å²) in [4.78, 5) is 0. The van der Waals surface area contributed by atoms with Crippen molar-refractivity contribution in [3.05, 3.63) is 58.9 Å². The van der Waals surface area contributed by atoms with Crippen LogP contribution in [0.25, 0.3) is 0 Å². The van der Waals surface area contributed by atoms with Crippen LogP contribution in [0.5, 0.6) is 11.5 Å². The summed E-state index contributed by atoms with van der Waals surface area (Å²) in [5.74, 6) is 1.30. The molecule has 2 aromatic carbocycles. The van der Waals surface area contributed by atoms with Crippen molar-refractivity contribution in [2.45, 2.75) is 18.9 Å². The lowest BCUT2D eigenvalue weighted by Gasteiger charge is -2.28. The molecule has 1 heterocycles. The lowest BCUT2D eigenvalue weighted by Crippen LogP contribution is -2.31. The topological polar surface area (TPSA) is 30.5 Å². The highest BCUT2D eigenvalue weighted by Gasteiger charge is 2.23. The molecule has 5 heteroatoms. The van der Waals surface area contributed by atoms with Gasteiger partial charge < -0.3 is 14.8 Å². The molecule has 0 fully saturated rings. The number of hydrogen-bond donors (Lipinski definition) is 1. The molecule has 1 N–H and O–H groups in total. The zero-order valence-corrected chi connectivity index (χ0v) is 15.0. The first-order valence-electron chi connectivity index (χ1n) is 7.44. The SMILES string of the molecule is Br.COc1cc2c(cc1OC)C(Cc1ccccc1F)NCC2. The van der Waals surface area contributed by atoms with E-state index in [0.717, 1.165) is 29.8 Å². The Bertz CT molecular complexity index is 678. The lowest BCUT2D eigenvalue weighted by atomic mass is 9.89. The summed E-state index contributed by atoms with van der Waals surface area (Å²) in [7, 11) is 3.27. The van der Waals surface area contributed by atoms with Crippen molar-refractivity contribution in [2.24, 2.45) is 0 Å². The van der Waals surface area contributed by atoms with E-state index in [9.17, 15) is 4.39 Å². The van der Waals surface area contributed by atoms with Gasteiger partial charge in [0.05, 0.1) is 14.2 Å². The average molecular weight is 382 g/mol. The molecular formula is C18H21BrFNO2. The van der Waals surface area contributed by atoms with E-state index in [-0.39, 0.29) is 28.8 Å². The summed E-state index contributed by atoms with van der Waals surface area (Å²) in [5.41, 5.74) is 3.12. The summed E-state index contributed by atoms with van der Waals surface area (Å²) < 4.78 is 24.7. The van der Waals surface area contributed by atoms with Crippen molar-refractivity contribution in [2.75, 3.05) is 20.8 Å². The molecule has 0 spiro atoms. The number of nitrogens with one attached hydrogen (secondary N) is 1. The molecule has 0 saturated heterocycles. The van der Waals surface area contributed by atoms with Crippen LogP contribution in [-0.2, 0) is 12.8 Å². The van der Waals surface area contributed by atoms with Crippen LogP contribution in [0.2, 0.25) is 0 Å². The Morgan fingerprint density at radius 3 is 2.52 bits per heavy atom. The lowest BCUT2D eigenvalue weighted by molar-refractivity contribution is 0.352. The standard InChI is InChI=1S/C18H20FNO2.BrH/c1-21-17-10-12-7-8-20-16(14(12)11-18(17)22-2)9-13-5-3-4-6-15(13)19;/h3-6,10-11,16,20H,7-9H2,1-2H3;1H. The van der Waals surface area contributed by atoms with Crippen molar-refractivity contribution >= 4 is 17.0 Å². The second-order valence-electron chi connectivity index (χ2n) is 5.46. The van der Waals surface area contributed by atoms with Crippen LogP contribution in [0.3, 0.4) is 0 Å². The molecule has 0 bridgehead atoms. The van der Waals surface area contributed by atoms with Gasteiger partial charge in [0.1, 0.15) is 5.82 Å². The van der Waals surface area contributed by atoms with E-state index >= 15 is 0 Å². The monoisotopic (exact) mass is 381 g/mol. The first-order valence-corrected chi connectivity index (χ1v) is 7.44. The van der Waals surface area contributed by atoms with Crippen LogP contribution in [0.1, 0.15) is 22.7 Å². The summed E-state index contributed by atoms with van der Waals surface area (Å²) in [5, 5.41) is 3.48. The van der Waals surface area contributed by atoms with E-state index in [2.05, 4.69) is 5.32 Å². The Balaban J connectivity index is 0.00000192. The Morgan fingerprint density at radius 2 is 1.83 bits per heavy atom. The maximum atomic E-state index is 13.9. The highest BCUT2D eigenvalue weighted by molar-refractivity contribution is 8.93. The molecule has 1 unspecified atom stereocenters. The smallest absolute Gasteiger partial charge is 0.161 e. The van der Waals surface area contributed by atoms with E-state index in [1.807, 2.05) is 24.3 Å². The number of halogens is 2.